The van der Waals surface area contributed by atoms with E-state index < -0.39 is 12.1 Å². The first-order valence-electron chi connectivity index (χ1n) is 10.5. The second kappa shape index (κ2) is 9.89. The predicted octanol–water partition coefficient (Wildman–Crippen LogP) is 4.99. The number of anilines is 2. The van der Waals surface area contributed by atoms with E-state index in [1.165, 1.54) is 13.1 Å². The molecule has 170 valence electrons. The van der Waals surface area contributed by atoms with Crippen molar-refractivity contribution in [3.8, 4) is 0 Å². The molecule has 1 aliphatic rings. The number of alkyl halides is 3. The van der Waals surface area contributed by atoms with Crippen LogP contribution in [0.4, 0.5) is 24.5 Å². The van der Waals surface area contributed by atoms with Crippen molar-refractivity contribution in [1.29, 1.82) is 0 Å². The van der Waals surface area contributed by atoms with Crippen molar-refractivity contribution in [3.63, 3.8) is 0 Å². The molecule has 8 heteroatoms. The molecule has 1 aliphatic heterocycles. The summed E-state index contributed by atoms with van der Waals surface area (Å²) in [7, 11) is 1.52. The van der Waals surface area contributed by atoms with Crippen molar-refractivity contribution >= 4 is 28.8 Å². The highest BCUT2D eigenvalue weighted by Crippen LogP contribution is 2.34. The second-order valence-corrected chi connectivity index (χ2v) is 7.69. The van der Waals surface area contributed by atoms with Crippen molar-refractivity contribution in [2.75, 3.05) is 30.4 Å². The molecule has 2 aromatic rings. The molecule has 0 atom stereocenters. The van der Waals surface area contributed by atoms with E-state index in [-0.39, 0.29) is 11.6 Å². The summed E-state index contributed by atoms with van der Waals surface area (Å²) in [5.74, 6) is -2.32. The van der Waals surface area contributed by atoms with Crippen LogP contribution in [0.15, 0.2) is 49.0 Å². The predicted molar refractivity (Wildman–Crippen MR) is 120 cm³/mol. The van der Waals surface area contributed by atoms with Gasteiger partial charge in [0.1, 0.15) is 0 Å². The van der Waals surface area contributed by atoms with Gasteiger partial charge in [-0.05, 0) is 47.7 Å². The lowest BCUT2D eigenvalue weighted by Crippen LogP contribution is -2.32. The van der Waals surface area contributed by atoms with Gasteiger partial charge in [-0.1, -0.05) is 43.7 Å². The average Bonchev–Trinajstić information content (AvgIpc) is 3.07. The number of benzene rings is 2. The summed E-state index contributed by atoms with van der Waals surface area (Å²) in [5, 5.41) is 4.61. The SMILES string of the molecule is C=C(c1ccc(N2CCCCCC2)c(NC(=O)C(F)(F)F)c1)c1ccccc1C(=O)NC. The maximum Gasteiger partial charge on any atom is 0.471 e. The highest BCUT2D eigenvalue weighted by molar-refractivity contribution is 6.02. The third-order valence-electron chi connectivity index (χ3n) is 5.52. The molecule has 0 bridgehead atoms. The molecule has 2 amide bonds. The number of hydrogen-bond acceptors (Lipinski definition) is 3. The first kappa shape index (κ1) is 23.4. The summed E-state index contributed by atoms with van der Waals surface area (Å²) in [6, 6.07) is 11.8. The van der Waals surface area contributed by atoms with Gasteiger partial charge in [-0.2, -0.15) is 13.2 Å². The lowest BCUT2D eigenvalue weighted by atomic mass is 9.94. The van der Waals surface area contributed by atoms with E-state index in [0.717, 1.165) is 25.7 Å². The Morgan fingerprint density at radius 3 is 2.19 bits per heavy atom. The molecule has 0 saturated carbocycles. The molecule has 0 aliphatic carbocycles. The van der Waals surface area contributed by atoms with Gasteiger partial charge in [-0.3, -0.25) is 9.59 Å². The minimum absolute atomic E-state index is 0.0744. The average molecular weight is 445 g/mol. The lowest BCUT2D eigenvalue weighted by Gasteiger charge is -2.26. The van der Waals surface area contributed by atoms with E-state index in [0.29, 0.717) is 41.0 Å². The van der Waals surface area contributed by atoms with Gasteiger partial charge in [-0.15, -0.1) is 0 Å². The minimum Gasteiger partial charge on any atom is -0.370 e. The minimum atomic E-state index is -5.01. The van der Waals surface area contributed by atoms with Crippen molar-refractivity contribution < 1.29 is 22.8 Å². The molecule has 0 spiro atoms. The Bertz CT molecular complexity index is 1010. The van der Waals surface area contributed by atoms with Gasteiger partial charge >= 0.3 is 12.1 Å². The highest BCUT2D eigenvalue weighted by atomic mass is 19.4. The zero-order chi connectivity index (χ0) is 23.3. The largest absolute Gasteiger partial charge is 0.471 e. The van der Waals surface area contributed by atoms with Crippen LogP contribution in [0.25, 0.3) is 5.57 Å². The third-order valence-corrected chi connectivity index (χ3v) is 5.52. The number of amides is 2. The smallest absolute Gasteiger partial charge is 0.370 e. The van der Waals surface area contributed by atoms with Crippen molar-refractivity contribution in [2.45, 2.75) is 31.9 Å². The summed E-state index contributed by atoms with van der Waals surface area (Å²) in [4.78, 5) is 26.0. The molecule has 1 fully saturated rings. The van der Waals surface area contributed by atoms with Crippen LogP contribution in [0.5, 0.6) is 0 Å². The molecule has 2 aromatic carbocycles. The summed E-state index contributed by atoms with van der Waals surface area (Å²) >= 11 is 0. The normalized spacial score (nSPS) is 14.4. The topological polar surface area (TPSA) is 61.4 Å². The molecule has 32 heavy (non-hydrogen) atoms. The molecule has 2 N–H and O–H groups in total. The van der Waals surface area contributed by atoms with Gasteiger partial charge in [-0.25, -0.2) is 0 Å². The fraction of sp³-hybridized carbons (Fsp3) is 0.333. The molecular weight excluding hydrogens is 419 g/mol. The number of rotatable bonds is 5. The first-order chi connectivity index (χ1) is 15.2. The summed E-state index contributed by atoms with van der Waals surface area (Å²) in [6.45, 7) is 5.48. The Labute approximate surface area is 185 Å². The summed E-state index contributed by atoms with van der Waals surface area (Å²) in [5.41, 5.74) is 2.55. The molecule has 0 aromatic heterocycles. The molecule has 1 saturated heterocycles. The maximum atomic E-state index is 13.0. The van der Waals surface area contributed by atoms with Crippen LogP contribution in [0.2, 0.25) is 0 Å². The van der Waals surface area contributed by atoms with Crippen LogP contribution >= 0.6 is 0 Å². The van der Waals surface area contributed by atoms with E-state index >= 15 is 0 Å². The molecule has 3 rings (SSSR count). The van der Waals surface area contributed by atoms with Crippen molar-refractivity contribution in [3.05, 3.63) is 65.7 Å². The van der Waals surface area contributed by atoms with Gasteiger partial charge in [0.25, 0.3) is 5.91 Å². The molecular formula is C24H26F3N3O2. The van der Waals surface area contributed by atoms with E-state index in [2.05, 4.69) is 11.9 Å². The number of nitrogens with one attached hydrogen (secondary N) is 2. The Kier molecular flexibility index (Phi) is 7.22. The van der Waals surface area contributed by atoms with Gasteiger partial charge in [0.2, 0.25) is 0 Å². The zero-order valence-electron chi connectivity index (χ0n) is 17.9. The number of carbonyl (C=O) groups excluding carboxylic acids is 2. The van der Waals surface area contributed by atoms with Crippen LogP contribution in [-0.4, -0.2) is 38.1 Å². The summed E-state index contributed by atoms with van der Waals surface area (Å²) in [6.07, 6.45) is -1.02. The van der Waals surface area contributed by atoms with Crippen molar-refractivity contribution in [2.24, 2.45) is 0 Å². The number of nitrogens with zero attached hydrogens (tertiary/aromatic N) is 1. The second-order valence-electron chi connectivity index (χ2n) is 7.69. The fourth-order valence-electron chi connectivity index (χ4n) is 3.84. The fourth-order valence-corrected chi connectivity index (χ4v) is 3.84. The maximum absolute atomic E-state index is 13.0. The van der Waals surface area contributed by atoms with Crippen molar-refractivity contribution in [1.82, 2.24) is 5.32 Å². The molecule has 1 heterocycles. The molecule has 0 unspecified atom stereocenters. The van der Waals surface area contributed by atoms with Gasteiger partial charge < -0.3 is 15.5 Å². The number of hydrogen-bond donors (Lipinski definition) is 2. The Morgan fingerprint density at radius 1 is 0.969 bits per heavy atom. The van der Waals surface area contributed by atoms with Crippen LogP contribution in [0, 0.1) is 0 Å². The molecule has 0 radical (unpaired) electrons. The van der Waals surface area contributed by atoms with Gasteiger partial charge in [0.15, 0.2) is 0 Å². The Morgan fingerprint density at radius 2 is 1.59 bits per heavy atom. The Hall–Kier alpha value is -3.29. The van der Waals surface area contributed by atoms with Gasteiger partial charge in [0.05, 0.1) is 11.4 Å². The van der Waals surface area contributed by atoms with Crippen LogP contribution in [0.3, 0.4) is 0 Å². The summed E-state index contributed by atoms with van der Waals surface area (Å²) < 4.78 is 39.0. The van der Waals surface area contributed by atoms with Crippen LogP contribution < -0.4 is 15.5 Å². The van der Waals surface area contributed by atoms with E-state index in [4.69, 9.17) is 0 Å². The standard InChI is InChI=1S/C24H26F3N3O2/c1-16(18-9-5-6-10-19(18)22(31)28-2)17-11-12-21(30-13-7-3-4-8-14-30)20(15-17)29-23(32)24(25,26)27/h5-6,9-12,15H,1,3-4,7-8,13-14H2,2H3,(H,28,31)(H,29,32). The highest BCUT2D eigenvalue weighted by Gasteiger charge is 2.39. The van der Waals surface area contributed by atoms with E-state index in [9.17, 15) is 22.8 Å². The number of carbonyl (C=O) groups is 2. The number of halogens is 3. The Balaban J connectivity index is 2.03. The monoisotopic (exact) mass is 445 g/mol. The van der Waals surface area contributed by atoms with E-state index in [1.807, 2.05) is 10.2 Å². The van der Waals surface area contributed by atoms with Gasteiger partial charge in [0, 0.05) is 25.7 Å². The van der Waals surface area contributed by atoms with Crippen LogP contribution in [-0.2, 0) is 4.79 Å². The zero-order valence-corrected chi connectivity index (χ0v) is 17.9. The third kappa shape index (κ3) is 5.30. The van der Waals surface area contributed by atoms with Crippen LogP contribution in [0.1, 0.15) is 47.2 Å². The van der Waals surface area contributed by atoms with E-state index in [1.54, 1.807) is 36.4 Å². The quantitative estimate of drug-likeness (QED) is 0.682. The lowest BCUT2D eigenvalue weighted by molar-refractivity contribution is -0.167. The molecule has 5 nitrogen and oxygen atoms in total. The first-order valence-corrected chi connectivity index (χ1v) is 10.5.